The quantitative estimate of drug-likeness (QED) is 0.941. The predicted molar refractivity (Wildman–Crippen MR) is 88.5 cm³/mol. The van der Waals surface area contributed by atoms with Crippen LogP contribution in [0.15, 0.2) is 42.5 Å². The van der Waals surface area contributed by atoms with Crippen LogP contribution in [0.1, 0.15) is 5.56 Å². The fourth-order valence-corrected chi connectivity index (χ4v) is 2.93. The Labute approximate surface area is 135 Å². The highest BCUT2D eigenvalue weighted by atomic mass is 19.1. The van der Waals surface area contributed by atoms with E-state index in [1.807, 2.05) is 24.3 Å². The molecule has 5 heteroatoms. The Morgan fingerprint density at radius 3 is 2.52 bits per heavy atom. The molecule has 2 aromatic rings. The van der Waals surface area contributed by atoms with Crippen LogP contribution in [0.3, 0.4) is 0 Å². The Kier molecular flexibility index (Phi) is 4.67. The van der Waals surface area contributed by atoms with Crippen LogP contribution in [0.2, 0.25) is 0 Å². The minimum absolute atomic E-state index is 0.153. The van der Waals surface area contributed by atoms with Gasteiger partial charge in [-0.3, -0.25) is 4.90 Å². The molecule has 3 rings (SSSR count). The summed E-state index contributed by atoms with van der Waals surface area (Å²) in [7, 11) is 1.55. The summed E-state index contributed by atoms with van der Waals surface area (Å²) in [4.78, 5) is 4.41. The molecule has 1 N–H and O–H groups in total. The van der Waals surface area contributed by atoms with Gasteiger partial charge in [0, 0.05) is 32.7 Å². The largest absolute Gasteiger partial charge is 0.504 e. The topological polar surface area (TPSA) is 35.9 Å². The van der Waals surface area contributed by atoms with Crippen molar-refractivity contribution in [3.8, 4) is 11.5 Å². The third-order valence-corrected chi connectivity index (χ3v) is 4.22. The van der Waals surface area contributed by atoms with Crippen molar-refractivity contribution in [1.82, 2.24) is 4.90 Å². The zero-order chi connectivity index (χ0) is 16.2. The SMILES string of the molecule is COc1cc(CN2CCN(c3ccccc3F)CC2)ccc1O. The van der Waals surface area contributed by atoms with Crippen LogP contribution in [0.5, 0.6) is 11.5 Å². The summed E-state index contributed by atoms with van der Waals surface area (Å²) in [6.07, 6.45) is 0. The number of phenolic OH excluding ortho intramolecular Hbond substituents is 1. The fourth-order valence-electron chi connectivity index (χ4n) is 2.93. The van der Waals surface area contributed by atoms with Crippen molar-refractivity contribution in [2.45, 2.75) is 6.54 Å². The number of piperazine rings is 1. The monoisotopic (exact) mass is 316 g/mol. The normalized spacial score (nSPS) is 15.7. The molecular formula is C18H21FN2O2. The van der Waals surface area contributed by atoms with Crippen LogP contribution in [0.4, 0.5) is 10.1 Å². The number of anilines is 1. The minimum atomic E-state index is -0.163. The van der Waals surface area contributed by atoms with Crippen LogP contribution in [-0.2, 0) is 6.54 Å². The molecule has 2 aromatic carbocycles. The molecule has 1 fully saturated rings. The highest BCUT2D eigenvalue weighted by molar-refractivity contribution is 5.48. The first-order valence-electron chi connectivity index (χ1n) is 7.75. The number of rotatable bonds is 4. The van der Waals surface area contributed by atoms with Gasteiger partial charge in [0.05, 0.1) is 12.8 Å². The predicted octanol–water partition coefficient (Wildman–Crippen LogP) is 2.86. The summed E-state index contributed by atoms with van der Waals surface area (Å²) in [6.45, 7) is 4.14. The van der Waals surface area contributed by atoms with E-state index < -0.39 is 0 Å². The molecule has 0 radical (unpaired) electrons. The van der Waals surface area contributed by atoms with Crippen LogP contribution >= 0.6 is 0 Å². The number of para-hydroxylation sites is 1. The van der Waals surface area contributed by atoms with Crippen molar-refractivity contribution in [3.05, 3.63) is 53.8 Å². The second-order valence-electron chi connectivity index (χ2n) is 5.72. The number of phenols is 1. The van der Waals surface area contributed by atoms with Gasteiger partial charge in [-0.25, -0.2) is 4.39 Å². The van der Waals surface area contributed by atoms with E-state index >= 15 is 0 Å². The lowest BCUT2D eigenvalue weighted by molar-refractivity contribution is 0.248. The molecule has 122 valence electrons. The Hall–Kier alpha value is -2.27. The smallest absolute Gasteiger partial charge is 0.160 e. The van der Waals surface area contributed by atoms with Crippen molar-refractivity contribution in [2.24, 2.45) is 0 Å². The lowest BCUT2D eigenvalue weighted by Crippen LogP contribution is -2.46. The van der Waals surface area contributed by atoms with Crippen LogP contribution in [-0.4, -0.2) is 43.3 Å². The van der Waals surface area contributed by atoms with E-state index in [0.717, 1.165) is 38.3 Å². The summed E-state index contributed by atoms with van der Waals surface area (Å²) in [5, 5.41) is 9.65. The van der Waals surface area contributed by atoms with Gasteiger partial charge in [-0.2, -0.15) is 0 Å². The van der Waals surface area contributed by atoms with Crippen LogP contribution in [0, 0.1) is 5.82 Å². The maximum atomic E-state index is 13.8. The van der Waals surface area contributed by atoms with Gasteiger partial charge in [-0.05, 0) is 29.8 Å². The van der Waals surface area contributed by atoms with Gasteiger partial charge in [0.25, 0.3) is 0 Å². The van der Waals surface area contributed by atoms with Gasteiger partial charge >= 0.3 is 0 Å². The number of nitrogens with zero attached hydrogens (tertiary/aromatic N) is 2. The molecular weight excluding hydrogens is 295 g/mol. The third-order valence-electron chi connectivity index (χ3n) is 4.22. The first kappa shape index (κ1) is 15.6. The zero-order valence-electron chi connectivity index (χ0n) is 13.2. The number of ether oxygens (including phenoxy) is 1. The third kappa shape index (κ3) is 3.56. The second-order valence-corrected chi connectivity index (χ2v) is 5.72. The molecule has 1 heterocycles. The van der Waals surface area contributed by atoms with Crippen molar-refractivity contribution >= 4 is 5.69 Å². The number of aromatic hydroxyl groups is 1. The number of hydrogen-bond acceptors (Lipinski definition) is 4. The molecule has 1 aliphatic heterocycles. The van der Waals surface area contributed by atoms with Gasteiger partial charge in [-0.15, -0.1) is 0 Å². The Bertz CT molecular complexity index is 670. The standard InChI is InChI=1S/C18H21FN2O2/c1-23-18-12-14(6-7-17(18)22)13-20-8-10-21(11-9-20)16-5-3-2-4-15(16)19/h2-7,12,22H,8-11,13H2,1H3. The van der Waals surface area contributed by atoms with Gasteiger partial charge in [0.2, 0.25) is 0 Å². The molecule has 4 nitrogen and oxygen atoms in total. The molecule has 0 spiro atoms. The average molecular weight is 316 g/mol. The van der Waals surface area contributed by atoms with E-state index in [0.29, 0.717) is 11.4 Å². The Morgan fingerprint density at radius 2 is 1.83 bits per heavy atom. The molecule has 0 bridgehead atoms. The van der Waals surface area contributed by atoms with Crippen molar-refractivity contribution < 1.29 is 14.2 Å². The number of hydrogen-bond donors (Lipinski definition) is 1. The van der Waals surface area contributed by atoms with Gasteiger partial charge in [-0.1, -0.05) is 18.2 Å². The van der Waals surface area contributed by atoms with Gasteiger partial charge in [0.1, 0.15) is 5.82 Å². The highest BCUT2D eigenvalue weighted by Crippen LogP contribution is 2.27. The highest BCUT2D eigenvalue weighted by Gasteiger charge is 2.19. The Morgan fingerprint density at radius 1 is 1.09 bits per heavy atom. The average Bonchev–Trinajstić information content (AvgIpc) is 2.58. The van der Waals surface area contributed by atoms with E-state index in [9.17, 15) is 9.50 Å². The van der Waals surface area contributed by atoms with Gasteiger partial charge in [0.15, 0.2) is 11.5 Å². The van der Waals surface area contributed by atoms with Crippen LogP contribution in [0.25, 0.3) is 0 Å². The maximum Gasteiger partial charge on any atom is 0.160 e. The molecule has 0 amide bonds. The van der Waals surface area contributed by atoms with Crippen molar-refractivity contribution in [2.75, 3.05) is 38.2 Å². The molecule has 0 aliphatic carbocycles. The van der Waals surface area contributed by atoms with Gasteiger partial charge < -0.3 is 14.7 Å². The van der Waals surface area contributed by atoms with E-state index in [4.69, 9.17) is 4.74 Å². The number of halogens is 1. The molecule has 0 aromatic heterocycles. The van der Waals surface area contributed by atoms with E-state index in [1.54, 1.807) is 19.2 Å². The molecule has 0 saturated carbocycles. The first-order valence-corrected chi connectivity index (χ1v) is 7.75. The van der Waals surface area contributed by atoms with E-state index in [2.05, 4.69) is 9.80 Å². The number of methoxy groups -OCH3 is 1. The van der Waals surface area contributed by atoms with E-state index in [1.165, 1.54) is 6.07 Å². The summed E-state index contributed by atoms with van der Waals surface area (Å²) in [6, 6.07) is 12.3. The fraction of sp³-hybridized carbons (Fsp3) is 0.333. The zero-order valence-corrected chi connectivity index (χ0v) is 13.2. The lowest BCUT2D eigenvalue weighted by atomic mass is 10.1. The van der Waals surface area contributed by atoms with Crippen molar-refractivity contribution in [3.63, 3.8) is 0 Å². The maximum absolute atomic E-state index is 13.8. The number of benzene rings is 2. The Balaban J connectivity index is 1.60. The summed E-state index contributed by atoms with van der Waals surface area (Å²) in [5.74, 6) is 0.484. The molecule has 23 heavy (non-hydrogen) atoms. The summed E-state index contributed by atoms with van der Waals surface area (Å²) < 4.78 is 19.0. The summed E-state index contributed by atoms with van der Waals surface area (Å²) in [5.41, 5.74) is 1.78. The molecule has 0 unspecified atom stereocenters. The van der Waals surface area contributed by atoms with Crippen molar-refractivity contribution in [1.29, 1.82) is 0 Å². The second kappa shape index (κ2) is 6.87. The van der Waals surface area contributed by atoms with E-state index in [-0.39, 0.29) is 11.6 Å². The molecule has 0 atom stereocenters. The van der Waals surface area contributed by atoms with Crippen LogP contribution < -0.4 is 9.64 Å². The lowest BCUT2D eigenvalue weighted by Gasteiger charge is -2.36. The minimum Gasteiger partial charge on any atom is -0.504 e. The summed E-state index contributed by atoms with van der Waals surface area (Å²) >= 11 is 0. The molecule has 1 saturated heterocycles. The molecule has 1 aliphatic rings. The first-order chi connectivity index (χ1) is 11.2.